The van der Waals surface area contributed by atoms with E-state index >= 15 is 0 Å². The van der Waals surface area contributed by atoms with Crippen molar-refractivity contribution in [1.29, 1.82) is 0 Å². The largest absolute Gasteiger partial charge is 0.455 e. The summed E-state index contributed by atoms with van der Waals surface area (Å²) in [6.45, 7) is 9.29. The molecule has 3 rings (SSSR count). The molecule has 47 heavy (non-hydrogen) atoms. The zero-order chi connectivity index (χ0) is 35.6. The van der Waals surface area contributed by atoms with Crippen molar-refractivity contribution in [3.05, 3.63) is 0 Å². The van der Waals surface area contributed by atoms with Crippen LogP contribution in [0.2, 0.25) is 0 Å². The highest BCUT2D eigenvalue weighted by Crippen LogP contribution is 2.39. The third kappa shape index (κ3) is 7.56. The summed E-state index contributed by atoms with van der Waals surface area (Å²) < 4.78 is 29.5. The molecule has 4 N–H and O–H groups in total. The minimum atomic E-state index is -3.07. The van der Waals surface area contributed by atoms with E-state index in [1.54, 1.807) is 48.7 Å². The lowest BCUT2D eigenvalue weighted by molar-refractivity contribution is -0.282. The third-order valence-corrected chi connectivity index (χ3v) is 10.2. The Hall–Kier alpha value is -2.53. The van der Waals surface area contributed by atoms with E-state index in [0.717, 1.165) is 0 Å². The number of carbonyl (C=O) groups is 5. The quantitative estimate of drug-likeness (QED) is 0.152. The van der Waals surface area contributed by atoms with Crippen molar-refractivity contribution in [3.8, 4) is 0 Å². The van der Waals surface area contributed by atoms with Gasteiger partial charge >= 0.3 is 12.1 Å². The summed E-state index contributed by atoms with van der Waals surface area (Å²) in [7, 11) is 3.58. The number of Topliss-reactive ketones (excluding diaryl/α,β-unsaturated/α-hetero) is 2. The van der Waals surface area contributed by atoms with E-state index in [-0.39, 0.29) is 24.3 Å². The molecule has 0 saturated carbocycles. The Kier molecular flexibility index (Phi) is 12.7. The van der Waals surface area contributed by atoms with Gasteiger partial charge in [0.15, 0.2) is 17.7 Å². The number of aldehydes is 1. The highest BCUT2D eigenvalue weighted by atomic mass is 16.7. The van der Waals surface area contributed by atoms with Crippen LogP contribution in [0.15, 0.2) is 0 Å². The summed E-state index contributed by atoms with van der Waals surface area (Å²) in [4.78, 5) is 67.7. The van der Waals surface area contributed by atoms with Gasteiger partial charge in [0.25, 0.3) is 0 Å². The fourth-order valence-corrected chi connectivity index (χ4v) is 7.39. The molecule has 0 aromatic carbocycles. The van der Waals surface area contributed by atoms with Crippen LogP contribution >= 0.6 is 0 Å². The summed E-state index contributed by atoms with van der Waals surface area (Å²) >= 11 is 0. The molecular formula is C32H52N2O13. The van der Waals surface area contributed by atoms with Crippen LogP contribution in [0.3, 0.4) is 0 Å². The fraction of sp³-hybridized carbons (Fsp3) is 0.844. The van der Waals surface area contributed by atoms with E-state index in [1.165, 1.54) is 13.8 Å². The normalized spacial score (nSPS) is 43.9. The number of nitrogens with zero attached hydrogens (tertiary/aromatic N) is 1. The van der Waals surface area contributed by atoms with Crippen molar-refractivity contribution < 1.29 is 63.0 Å². The molecule has 15 heteroatoms. The number of fused-ring (bicyclic) bond motifs is 1. The first-order valence-electron chi connectivity index (χ1n) is 16.2. The number of nitrogens with one attached hydrogen (secondary N) is 1. The van der Waals surface area contributed by atoms with Crippen LogP contribution < -0.4 is 5.32 Å². The van der Waals surface area contributed by atoms with Gasteiger partial charge in [0, 0.05) is 29.7 Å². The highest BCUT2D eigenvalue weighted by molar-refractivity contribution is 6.08. The molecule has 0 bridgehead atoms. The summed E-state index contributed by atoms with van der Waals surface area (Å²) in [6.07, 6.45) is -6.30. The summed E-state index contributed by atoms with van der Waals surface area (Å²) in [5.41, 5.74) is -4.69. The molecule has 0 spiro atoms. The van der Waals surface area contributed by atoms with Gasteiger partial charge in [-0.1, -0.05) is 34.6 Å². The number of hydrogen-bond acceptors (Lipinski definition) is 14. The van der Waals surface area contributed by atoms with Crippen LogP contribution in [0.25, 0.3) is 0 Å². The van der Waals surface area contributed by atoms with E-state index in [9.17, 15) is 39.3 Å². The summed E-state index contributed by atoms with van der Waals surface area (Å²) in [5.74, 6) is -7.23. The van der Waals surface area contributed by atoms with Gasteiger partial charge in [-0.25, -0.2) is 9.59 Å². The number of ether oxygens (including phenoxy) is 5. The van der Waals surface area contributed by atoms with Gasteiger partial charge in [-0.3, -0.25) is 9.59 Å². The maximum atomic E-state index is 14.2. The number of aliphatic hydroxyl groups is 3. The molecule has 14 atom stereocenters. The van der Waals surface area contributed by atoms with E-state index in [4.69, 9.17) is 23.7 Å². The molecule has 0 aliphatic carbocycles. The van der Waals surface area contributed by atoms with Crippen LogP contribution in [-0.2, 0) is 42.9 Å². The molecule has 3 aliphatic heterocycles. The molecule has 0 radical (unpaired) electrons. The Labute approximate surface area is 275 Å². The highest BCUT2D eigenvalue weighted by Gasteiger charge is 2.59. The monoisotopic (exact) mass is 672 g/mol. The number of rotatable bonds is 8. The van der Waals surface area contributed by atoms with Crippen molar-refractivity contribution in [2.45, 2.75) is 121 Å². The maximum absolute atomic E-state index is 14.2. The lowest BCUT2D eigenvalue weighted by Gasteiger charge is -2.45. The lowest BCUT2D eigenvalue weighted by Crippen LogP contribution is -2.62. The molecule has 3 aliphatic rings. The van der Waals surface area contributed by atoms with E-state index < -0.39 is 103 Å². The molecule has 0 aromatic heterocycles. The topological polar surface area (TPSA) is 207 Å². The second kappa shape index (κ2) is 15.3. The van der Waals surface area contributed by atoms with E-state index in [2.05, 4.69) is 5.32 Å². The zero-order valence-electron chi connectivity index (χ0n) is 28.7. The van der Waals surface area contributed by atoms with E-state index in [0.29, 0.717) is 12.7 Å². The number of amides is 1. The van der Waals surface area contributed by atoms with Crippen LogP contribution in [0.4, 0.5) is 4.79 Å². The van der Waals surface area contributed by atoms with Gasteiger partial charge in [0.05, 0.1) is 31.0 Å². The Morgan fingerprint density at radius 1 is 1.04 bits per heavy atom. The van der Waals surface area contributed by atoms with Crippen LogP contribution in [0.5, 0.6) is 0 Å². The smallest absolute Gasteiger partial charge is 0.408 e. The van der Waals surface area contributed by atoms with Crippen LogP contribution in [-0.4, -0.2) is 138 Å². The van der Waals surface area contributed by atoms with Crippen molar-refractivity contribution in [3.63, 3.8) is 0 Å². The lowest BCUT2D eigenvalue weighted by atomic mass is 9.73. The predicted molar refractivity (Wildman–Crippen MR) is 164 cm³/mol. The van der Waals surface area contributed by atoms with Crippen molar-refractivity contribution in [2.24, 2.45) is 23.7 Å². The first kappa shape index (κ1) is 38.9. The zero-order valence-corrected chi connectivity index (χ0v) is 28.7. The third-order valence-electron chi connectivity index (χ3n) is 10.2. The van der Waals surface area contributed by atoms with Gasteiger partial charge in [-0.15, -0.1) is 0 Å². The average Bonchev–Trinajstić information content (AvgIpc) is 3.35. The molecule has 0 aromatic rings. The number of ketones is 2. The molecule has 15 nitrogen and oxygen atoms in total. The van der Waals surface area contributed by atoms with Crippen molar-refractivity contribution >= 4 is 29.9 Å². The molecule has 3 fully saturated rings. The summed E-state index contributed by atoms with van der Waals surface area (Å²) in [6, 6.07) is -1.41. The number of aliphatic hydroxyl groups excluding tert-OH is 2. The number of hydrogen-bond donors (Lipinski definition) is 4. The molecule has 268 valence electrons. The Balaban J connectivity index is 2.20. The number of likely N-dealkylation sites (N-methyl/N-ethyl adjacent to an activating group) is 1. The minimum absolute atomic E-state index is 0.0470. The maximum Gasteiger partial charge on any atom is 0.408 e. The SMILES string of the molecule is CC[C@@H]1OC(=O)C(O)(CO)C(=O)[C@H](C)[C@@H](O[C@@H]2O[C@H](C)C[C@H](N(C)C)[C@H]2O)[C@H](C)[C@@H](OCC=O)[C@@H](C)C(=O)[C@@H](C)C2NC(=O)O[C@@]21C. The van der Waals surface area contributed by atoms with Crippen molar-refractivity contribution in [2.75, 3.05) is 27.3 Å². The number of carbonyl (C=O) groups excluding carboxylic acids is 5. The molecule has 1 amide bonds. The minimum Gasteiger partial charge on any atom is -0.455 e. The standard InChI is InChI=1S/C32H52N2O13/c1-10-21-31(7)26(33-30(41)47-31)17(4)22(37)16(3)24(43-12-11-35)18(5)25(19(6)27(39)32(42,14-36)29(40)45-21)46-28-23(38)20(34(8)9)13-15(2)44-28/h11,15-21,23-26,28,36,38,42H,10,12-14H2,1-9H3,(H,33,41)/t15-,16+,17-,18-,19-,20+,21+,23-,24+,25+,26?,28+,31-,32?/m1/s1. The molecule has 3 heterocycles. The predicted octanol–water partition coefficient (Wildman–Crippen LogP) is -0.00980. The second-order valence-corrected chi connectivity index (χ2v) is 13.6. The number of esters is 1. The van der Waals surface area contributed by atoms with Crippen molar-refractivity contribution in [1.82, 2.24) is 10.2 Å². The van der Waals surface area contributed by atoms with Gasteiger partial charge in [0.1, 0.15) is 30.9 Å². The Morgan fingerprint density at radius 2 is 1.68 bits per heavy atom. The van der Waals surface area contributed by atoms with Crippen LogP contribution in [0, 0.1) is 23.7 Å². The van der Waals surface area contributed by atoms with Crippen LogP contribution in [0.1, 0.15) is 61.3 Å². The number of cyclic esters (lactones) is 1. The van der Waals surface area contributed by atoms with Gasteiger partial charge in [-0.2, -0.15) is 0 Å². The Morgan fingerprint density at radius 3 is 2.23 bits per heavy atom. The fourth-order valence-electron chi connectivity index (χ4n) is 7.39. The first-order chi connectivity index (χ1) is 21.9. The molecular weight excluding hydrogens is 620 g/mol. The van der Waals surface area contributed by atoms with Gasteiger partial charge in [0.2, 0.25) is 5.60 Å². The second-order valence-electron chi connectivity index (χ2n) is 13.6. The molecule has 3 saturated heterocycles. The van der Waals surface area contributed by atoms with Gasteiger partial charge in [-0.05, 0) is 40.8 Å². The Bertz CT molecular complexity index is 1170. The molecule has 2 unspecified atom stereocenters. The van der Waals surface area contributed by atoms with E-state index in [1.807, 2.05) is 4.90 Å². The average molecular weight is 673 g/mol. The van der Waals surface area contributed by atoms with Gasteiger partial charge < -0.3 is 54.0 Å². The number of alkyl carbamates (subject to hydrolysis) is 1. The summed E-state index contributed by atoms with van der Waals surface area (Å²) in [5, 5.41) is 35.7. The first-order valence-corrected chi connectivity index (χ1v) is 16.2.